The molecule has 8 heteroatoms. The van der Waals surface area contributed by atoms with E-state index in [9.17, 15) is 19.5 Å². The molecule has 2 N–H and O–H groups in total. The lowest BCUT2D eigenvalue weighted by atomic mass is 9.70. The molecule has 2 unspecified atom stereocenters. The van der Waals surface area contributed by atoms with Crippen LogP contribution in [0.2, 0.25) is 0 Å². The number of aliphatic carboxylic acids is 1. The van der Waals surface area contributed by atoms with Crippen LogP contribution in [0.3, 0.4) is 0 Å². The van der Waals surface area contributed by atoms with Crippen molar-refractivity contribution in [3.05, 3.63) is 89.3 Å². The highest BCUT2D eigenvalue weighted by Crippen LogP contribution is 2.42. The molecule has 3 aromatic rings. The van der Waals surface area contributed by atoms with Crippen LogP contribution >= 0.6 is 0 Å². The molecule has 264 valence electrons. The molecule has 1 aromatic heterocycles. The Morgan fingerprint density at radius 2 is 1.52 bits per heavy atom. The van der Waals surface area contributed by atoms with Crippen molar-refractivity contribution in [3.8, 4) is 11.4 Å². The number of likely N-dealkylation sites (tertiary alicyclic amines) is 1. The second kappa shape index (κ2) is 16.6. The molecular weight excluding hydrogens is 624 g/mol. The Kier molecular flexibility index (Phi) is 11.8. The van der Waals surface area contributed by atoms with E-state index < -0.39 is 17.9 Å². The summed E-state index contributed by atoms with van der Waals surface area (Å²) in [6, 6.07) is 14.4. The number of hydrogen-bond acceptors (Lipinski definition) is 5. The summed E-state index contributed by atoms with van der Waals surface area (Å²) in [4.78, 5) is 49.0. The quantitative estimate of drug-likeness (QED) is 0.191. The van der Waals surface area contributed by atoms with E-state index in [0.717, 1.165) is 65.7 Å². The molecule has 8 nitrogen and oxygen atoms in total. The van der Waals surface area contributed by atoms with Crippen LogP contribution < -0.4 is 5.32 Å². The highest BCUT2D eigenvalue weighted by atomic mass is 16.4. The Morgan fingerprint density at radius 1 is 0.840 bits per heavy atom. The summed E-state index contributed by atoms with van der Waals surface area (Å²) in [5, 5.41) is 12.2. The third-order valence-corrected chi connectivity index (χ3v) is 11.3. The van der Waals surface area contributed by atoms with Crippen molar-refractivity contribution < 1.29 is 19.5 Å². The molecule has 50 heavy (non-hydrogen) atoms. The number of hydrogen-bond donors (Lipinski definition) is 2. The minimum atomic E-state index is -0.910. The summed E-state index contributed by atoms with van der Waals surface area (Å²) in [6.45, 7) is 4.72. The van der Waals surface area contributed by atoms with Gasteiger partial charge in [0.25, 0.3) is 5.91 Å². The highest BCUT2D eigenvalue weighted by molar-refractivity contribution is 5.98. The highest BCUT2D eigenvalue weighted by Gasteiger charge is 2.39. The number of amides is 2. The Labute approximate surface area is 296 Å². The van der Waals surface area contributed by atoms with E-state index in [4.69, 9.17) is 9.97 Å². The lowest BCUT2D eigenvalue weighted by Crippen LogP contribution is -2.59. The van der Waals surface area contributed by atoms with Crippen LogP contribution in [0.1, 0.15) is 105 Å². The molecule has 2 fully saturated rings. The van der Waals surface area contributed by atoms with Gasteiger partial charge in [-0.25, -0.2) is 9.97 Å². The minimum absolute atomic E-state index is 0.149. The zero-order valence-electron chi connectivity index (χ0n) is 29.7. The summed E-state index contributed by atoms with van der Waals surface area (Å²) < 4.78 is 0. The van der Waals surface area contributed by atoms with Crippen LogP contribution in [0.15, 0.2) is 67.0 Å². The van der Waals surface area contributed by atoms with Gasteiger partial charge in [0.2, 0.25) is 5.91 Å². The number of benzene rings is 2. The van der Waals surface area contributed by atoms with E-state index >= 15 is 0 Å². The summed E-state index contributed by atoms with van der Waals surface area (Å²) >= 11 is 0. The van der Waals surface area contributed by atoms with Crippen molar-refractivity contribution in [2.75, 3.05) is 13.1 Å². The zero-order chi connectivity index (χ0) is 35.0. The van der Waals surface area contributed by atoms with Gasteiger partial charge in [-0.3, -0.25) is 14.4 Å². The Balaban J connectivity index is 1.07. The number of aryl methyl sites for hydroxylation is 1. The maximum atomic E-state index is 13.5. The number of carboxylic acid groups (broad SMARTS) is 1. The molecule has 0 spiro atoms. The van der Waals surface area contributed by atoms with Crippen molar-refractivity contribution in [2.24, 2.45) is 23.7 Å². The lowest BCUT2D eigenvalue weighted by Gasteiger charge is -2.39. The molecule has 3 aliphatic rings. The van der Waals surface area contributed by atoms with E-state index in [1.165, 1.54) is 55.4 Å². The van der Waals surface area contributed by atoms with Gasteiger partial charge in [-0.1, -0.05) is 88.4 Å². The van der Waals surface area contributed by atoms with Crippen molar-refractivity contribution in [2.45, 2.75) is 96.9 Å². The van der Waals surface area contributed by atoms with Crippen LogP contribution in [0.4, 0.5) is 0 Å². The standard InChI is InChI=1S/C42H52N4O4/c1-3-5-28-7-13-31(14-8-28)32-19-21-33(22-20-32)36-24-43-39(44-25-36)34-15-11-30(12-16-34)23-38(41(48)46-26-37(27-46)42(49)50)45-40(47)35-17-9-29(6-4-2)10-18-35/h9-12,15-18,21,24-25,28,31-32,37-38H,3-8,13-14,19-20,22-23,26-27H2,1-2H3,(H,45,47)(H,49,50). The van der Waals surface area contributed by atoms with Gasteiger partial charge in [-0.15, -0.1) is 0 Å². The fourth-order valence-electron chi connectivity index (χ4n) is 8.16. The normalized spacial score (nSPS) is 21.5. The third kappa shape index (κ3) is 8.69. The number of nitrogens with one attached hydrogen (secondary N) is 1. The summed E-state index contributed by atoms with van der Waals surface area (Å²) in [7, 11) is 0. The van der Waals surface area contributed by atoms with Crippen LogP contribution in [0, 0.1) is 23.7 Å². The average Bonchev–Trinajstić information content (AvgIpc) is 3.12. The SMILES string of the molecule is CCCc1ccc(C(=O)NC(Cc2ccc(-c3ncc(C4=CCC(C5CCC(CCC)CC5)CC4)cn3)cc2)C(=O)N2CC(C(=O)O)C2)cc1. The lowest BCUT2D eigenvalue weighted by molar-refractivity contribution is -0.153. The first kappa shape index (κ1) is 35.5. The average molecular weight is 677 g/mol. The molecule has 0 radical (unpaired) electrons. The van der Waals surface area contributed by atoms with Gasteiger partial charge < -0.3 is 15.3 Å². The predicted octanol–water partition coefficient (Wildman–Crippen LogP) is 7.77. The third-order valence-electron chi connectivity index (χ3n) is 11.3. The molecule has 0 bridgehead atoms. The summed E-state index contributed by atoms with van der Waals surface area (Å²) in [6.07, 6.45) is 20.4. The predicted molar refractivity (Wildman–Crippen MR) is 196 cm³/mol. The topological polar surface area (TPSA) is 112 Å². The first-order valence-electron chi connectivity index (χ1n) is 18.8. The van der Waals surface area contributed by atoms with Gasteiger partial charge in [-0.05, 0) is 85.1 Å². The second-order valence-corrected chi connectivity index (χ2v) is 14.8. The zero-order valence-corrected chi connectivity index (χ0v) is 29.7. The molecular formula is C42H52N4O4. The van der Waals surface area contributed by atoms with Gasteiger partial charge in [0.05, 0.1) is 5.92 Å². The Hall–Kier alpha value is -4.33. The molecule has 1 saturated carbocycles. The van der Waals surface area contributed by atoms with Crippen molar-refractivity contribution >= 4 is 23.4 Å². The number of allylic oxidation sites excluding steroid dienone is 2. The molecule has 2 atom stereocenters. The van der Waals surface area contributed by atoms with Gasteiger partial charge >= 0.3 is 5.97 Å². The molecule has 2 heterocycles. The Morgan fingerprint density at radius 3 is 2.12 bits per heavy atom. The molecule has 2 amide bonds. The molecule has 2 aromatic carbocycles. The first-order valence-corrected chi connectivity index (χ1v) is 18.8. The van der Waals surface area contributed by atoms with Crippen molar-refractivity contribution in [1.29, 1.82) is 0 Å². The number of carboxylic acids is 1. The van der Waals surface area contributed by atoms with E-state index in [-0.39, 0.29) is 31.3 Å². The monoisotopic (exact) mass is 676 g/mol. The maximum absolute atomic E-state index is 13.5. The summed E-state index contributed by atoms with van der Waals surface area (Å²) in [5.41, 5.74) is 5.85. The van der Waals surface area contributed by atoms with Gasteiger partial charge in [0.15, 0.2) is 5.82 Å². The number of carbonyl (C=O) groups is 3. The molecule has 1 saturated heterocycles. The van der Waals surface area contributed by atoms with Gasteiger partial charge in [-0.2, -0.15) is 0 Å². The maximum Gasteiger partial charge on any atom is 0.310 e. The van der Waals surface area contributed by atoms with E-state index in [1.807, 2.05) is 48.8 Å². The number of nitrogens with zero attached hydrogens (tertiary/aromatic N) is 3. The minimum Gasteiger partial charge on any atom is -0.481 e. The van der Waals surface area contributed by atoms with Gasteiger partial charge in [0, 0.05) is 48.6 Å². The number of carbonyl (C=O) groups excluding carboxylic acids is 2. The molecule has 2 aliphatic carbocycles. The smallest absolute Gasteiger partial charge is 0.310 e. The van der Waals surface area contributed by atoms with Crippen LogP contribution in [-0.2, 0) is 22.4 Å². The second-order valence-electron chi connectivity index (χ2n) is 14.8. The first-order chi connectivity index (χ1) is 24.3. The van der Waals surface area contributed by atoms with E-state index in [2.05, 4.69) is 25.2 Å². The van der Waals surface area contributed by atoms with Crippen LogP contribution in [0.5, 0.6) is 0 Å². The number of rotatable bonds is 13. The summed E-state index contributed by atoms with van der Waals surface area (Å²) in [5.74, 6) is 1.21. The van der Waals surface area contributed by atoms with Crippen LogP contribution in [0.25, 0.3) is 17.0 Å². The van der Waals surface area contributed by atoms with E-state index in [0.29, 0.717) is 11.4 Å². The number of aromatic nitrogens is 2. The fraction of sp³-hybridized carbons (Fsp3) is 0.500. The van der Waals surface area contributed by atoms with Crippen molar-refractivity contribution in [1.82, 2.24) is 20.2 Å². The Bertz CT molecular complexity index is 1640. The fourth-order valence-corrected chi connectivity index (χ4v) is 8.16. The van der Waals surface area contributed by atoms with Gasteiger partial charge in [0.1, 0.15) is 6.04 Å². The van der Waals surface area contributed by atoms with Crippen molar-refractivity contribution in [3.63, 3.8) is 0 Å². The molecule has 6 rings (SSSR count). The van der Waals surface area contributed by atoms with Crippen LogP contribution in [-0.4, -0.2) is 56.9 Å². The molecule has 1 aliphatic heterocycles. The largest absolute Gasteiger partial charge is 0.481 e. The van der Waals surface area contributed by atoms with E-state index in [1.54, 1.807) is 12.1 Å².